The third-order valence-corrected chi connectivity index (χ3v) is 13.0. The molecule has 12 aromatic rings. The van der Waals surface area contributed by atoms with Gasteiger partial charge in [0.1, 0.15) is 32.5 Å². The van der Waals surface area contributed by atoms with Crippen molar-refractivity contribution in [3.63, 3.8) is 0 Å². The predicted octanol–water partition coefficient (Wildman–Crippen LogP) is 14.3. The molecule has 71 heavy (non-hydrogen) atoms. The second-order valence-electron chi connectivity index (χ2n) is 17.6. The van der Waals surface area contributed by atoms with E-state index in [9.17, 15) is 0 Å². The van der Waals surface area contributed by atoms with Crippen LogP contribution in [0.25, 0.3) is 65.9 Å². The van der Waals surface area contributed by atoms with Crippen LogP contribution in [0.15, 0.2) is 267 Å². The lowest BCUT2D eigenvalue weighted by Gasteiger charge is -2.06. The fourth-order valence-electron chi connectivity index (χ4n) is 9.43. The van der Waals surface area contributed by atoms with Crippen molar-refractivity contribution in [3.8, 4) is 22.3 Å². The molecule has 344 valence electrons. The number of pyridine rings is 4. The van der Waals surface area contributed by atoms with Gasteiger partial charge in [0.05, 0.1) is 0 Å². The fraction of sp³-hybridized carbons (Fsp3) is 0.0625. The Balaban J connectivity index is 0.000000155. The second-order valence-corrected chi connectivity index (χ2v) is 19.1. The highest BCUT2D eigenvalue weighted by atomic mass is 79.9. The number of para-hydroxylation sites is 4. The number of aromatic nitrogens is 4. The molecule has 4 heterocycles. The lowest BCUT2D eigenvalue weighted by molar-refractivity contribution is -0.662. The zero-order valence-corrected chi connectivity index (χ0v) is 42.4. The van der Waals surface area contributed by atoms with E-state index < -0.39 is 0 Å². The Morgan fingerprint density at radius 1 is 0.239 bits per heavy atom. The van der Waals surface area contributed by atoms with Gasteiger partial charge in [-0.2, -0.15) is 18.3 Å². The number of hydrogen-bond acceptors (Lipinski definition) is 1. The zero-order valence-electron chi connectivity index (χ0n) is 39.2. The quantitative estimate of drug-likeness (QED) is 0.125. The van der Waals surface area contributed by atoms with Crippen molar-refractivity contribution < 1.29 is 21.2 Å². The van der Waals surface area contributed by atoms with Gasteiger partial charge in [0, 0.05) is 92.3 Å². The van der Waals surface area contributed by atoms with E-state index in [1.165, 1.54) is 88.1 Å². The second kappa shape index (κ2) is 22.8. The van der Waals surface area contributed by atoms with Gasteiger partial charge < -0.3 is 0 Å². The van der Waals surface area contributed by atoms with Gasteiger partial charge in [-0.1, -0.05) is 146 Å². The van der Waals surface area contributed by atoms with Crippen LogP contribution in [0.2, 0.25) is 0 Å². The number of hydrogen-bond donors (Lipinski definition) is 0. The van der Waals surface area contributed by atoms with E-state index in [1.807, 2.05) is 0 Å². The minimum atomic E-state index is 0.864. The molecule has 0 radical (unpaired) electrons. The Morgan fingerprint density at radius 3 is 0.634 bits per heavy atom. The molecule has 4 aromatic heterocycles. The number of nitrogens with zero attached hydrogens (tertiary/aromatic N) is 4. The van der Waals surface area contributed by atoms with Crippen LogP contribution in [0.1, 0.15) is 22.3 Å². The molecular formula is C64H52Br2N4O+4. The highest BCUT2D eigenvalue weighted by Crippen LogP contribution is 2.23. The van der Waals surface area contributed by atoms with E-state index in [0.29, 0.717) is 0 Å². The van der Waals surface area contributed by atoms with Gasteiger partial charge in [-0.3, -0.25) is 0 Å². The first-order chi connectivity index (χ1) is 35.1. The van der Waals surface area contributed by atoms with Gasteiger partial charge in [0.2, 0.25) is 22.1 Å². The molecule has 0 aliphatic carbocycles. The molecule has 0 saturated heterocycles. The summed E-state index contributed by atoms with van der Waals surface area (Å²) in [5, 5.41) is 5.07. The normalized spacial score (nSPS) is 11.0. The molecule has 8 aromatic carbocycles. The summed E-state index contributed by atoms with van der Waals surface area (Å²) in [5.74, 6) is 0. The summed E-state index contributed by atoms with van der Waals surface area (Å²) < 4.78 is 13.1. The van der Waals surface area contributed by atoms with Crippen LogP contribution < -0.4 is 18.3 Å². The number of halogens is 2. The minimum Gasteiger partial charge on any atom is -0.230 e. The molecule has 0 aliphatic heterocycles. The zero-order chi connectivity index (χ0) is 48.2. The summed E-state index contributed by atoms with van der Waals surface area (Å²) in [7, 11) is 0. The van der Waals surface area contributed by atoms with Crippen molar-refractivity contribution in [3.05, 3.63) is 290 Å². The maximum atomic E-state index is 3.88. The van der Waals surface area contributed by atoms with Crippen molar-refractivity contribution in [2.75, 3.05) is 0 Å². The van der Waals surface area contributed by atoms with Crippen LogP contribution in [-0.4, -0.2) is 0 Å². The third kappa shape index (κ3) is 11.5. The largest absolute Gasteiger partial charge is 0.230 e. The molecule has 5 nitrogen and oxygen atoms in total. The van der Waals surface area contributed by atoms with Crippen LogP contribution in [0.5, 0.6) is 0 Å². The Morgan fingerprint density at radius 2 is 0.423 bits per heavy atom. The maximum absolute atomic E-state index is 3.88. The summed E-state index contributed by atoms with van der Waals surface area (Å²) >= 11 is 5.12. The van der Waals surface area contributed by atoms with E-state index in [1.54, 1.807) is 0 Å². The van der Waals surface area contributed by atoms with Gasteiger partial charge in [0.25, 0.3) is 0 Å². The number of rotatable bonds is 10. The summed E-state index contributed by atoms with van der Waals surface area (Å²) in [5.41, 5.74) is 15.2. The van der Waals surface area contributed by atoms with Crippen molar-refractivity contribution in [2.24, 2.45) is 0 Å². The molecule has 0 fully saturated rings. The molecule has 0 unspecified atom stereocenters. The van der Waals surface area contributed by atoms with Crippen molar-refractivity contribution in [1.29, 1.82) is 0 Å². The topological polar surface area (TPSA) is 24.7 Å². The third-order valence-electron chi connectivity index (χ3n) is 13.0. The average molecular weight is 1050 g/mol. The Hall–Kier alpha value is -7.68. The Labute approximate surface area is 432 Å². The Bertz CT molecular complexity index is 3180. The molecule has 12 rings (SSSR count). The SMILES string of the molecule is BrOBr.c1ccc2c(c1)ccc[n+]2Cc1ccc(-c2ccc(C[n+]3cccc4ccccc43)cc2)cc1.c1ccc2c(c1)ccc[n+]2Cc1ccc(-c2ccc(C[n+]3cccc4ccccc43)cc2)cc1. The first-order valence-electron chi connectivity index (χ1n) is 23.8. The molecule has 0 aliphatic rings. The average Bonchev–Trinajstić information content (AvgIpc) is 3.43. The molecule has 0 spiro atoms. The van der Waals surface area contributed by atoms with E-state index in [4.69, 9.17) is 0 Å². The highest BCUT2D eigenvalue weighted by molar-refractivity contribution is 9.18. The minimum absolute atomic E-state index is 0.864. The number of benzene rings is 8. The van der Waals surface area contributed by atoms with Gasteiger partial charge in [-0.05, 0) is 70.8 Å². The van der Waals surface area contributed by atoms with Gasteiger partial charge in [-0.25, -0.2) is 2.92 Å². The van der Waals surface area contributed by atoms with E-state index in [2.05, 4.69) is 321 Å². The fourth-order valence-corrected chi connectivity index (χ4v) is 9.43. The first-order valence-corrected chi connectivity index (χ1v) is 25.1. The van der Waals surface area contributed by atoms with Crippen LogP contribution in [0, 0.1) is 0 Å². The molecule has 0 saturated carbocycles. The lowest BCUT2D eigenvalue weighted by atomic mass is 10.0. The van der Waals surface area contributed by atoms with E-state index in [-0.39, 0.29) is 0 Å². The van der Waals surface area contributed by atoms with Crippen molar-refractivity contribution in [1.82, 2.24) is 0 Å². The smallest absolute Gasteiger partial charge is 0.212 e. The van der Waals surface area contributed by atoms with Crippen molar-refractivity contribution >= 4 is 76.1 Å². The number of fused-ring (bicyclic) bond motifs is 4. The molecular weight excluding hydrogens is 1000 g/mol. The summed E-state index contributed by atoms with van der Waals surface area (Å²) in [4.78, 5) is 0. The molecule has 7 heteroatoms. The van der Waals surface area contributed by atoms with Crippen LogP contribution in [0.4, 0.5) is 0 Å². The molecule has 0 bridgehead atoms. The van der Waals surface area contributed by atoms with Crippen LogP contribution in [0.3, 0.4) is 0 Å². The standard InChI is InChI=1S/2C32H26N2.Br2O/c2*1-3-11-31-29(7-1)9-5-21-33(31)23-25-13-17-27(18-14-25)28-19-15-26(16-20-28)24-34-22-6-10-30-8-2-4-12-32(30)34;1-3-2/h2*1-22H,23-24H2;/q2*+2;. The summed E-state index contributed by atoms with van der Waals surface area (Å²) in [6.07, 6.45) is 8.62. The maximum Gasteiger partial charge on any atom is 0.212 e. The molecule has 0 N–H and O–H groups in total. The summed E-state index contributed by atoms with van der Waals surface area (Å²) in [6.45, 7) is 3.46. The van der Waals surface area contributed by atoms with Gasteiger partial charge in [0.15, 0.2) is 51.0 Å². The lowest BCUT2D eigenvalue weighted by Crippen LogP contribution is -2.34. The van der Waals surface area contributed by atoms with E-state index in [0.717, 1.165) is 26.2 Å². The highest BCUT2D eigenvalue weighted by Gasteiger charge is 2.13. The van der Waals surface area contributed by atoms with Crippen molar-refractivity contribution in [2.45, 2.75) is 26.2 Å². The van der Waals surface area contributed by atoms with Gasteiger partial charge >= 0.3 is 0 Å². The van der Waals surface area contributed by atoms with Crippen LogP contribution in [-0.2, 0) is 29.1 Å². The first kappa shape index (κ1) is 47.0. The van der Waals surface area contributed by atoms with Gasteiger partial charge in [-0.15, -0.1) is 0 Å². The predicted molar refractivity (Wildman–Crippen MR) is 296 cm³/mol. The monoisotopic (exact) mass is 1050 g/mol. The molecule has 0 atom stereocenters. The van der Waals surface area contributed by atoms with Crippen LogP contribution >= 0.6 is 32.5 Å². The van der Waals surface area contributed by atoms with E-state index >= 15 is 0 Å². The Kier molecular flexibility index (Phi) is 15.1. The summed E-state index contributed by atoms with van der Waals surface area (Å²) in [6, 6.07) is 87.1. The molecule has 0 amide bonds.